The molecule has 0 aliphatic heterocycles. The monoisotopic (exact) mass is 420 g/mol. The number of amides is 2. The first-order chi connectivity index (χ1) is 13.9. The molecule has 8 heteroatoms. The van der Waals surface area contributed by atoms with Gasteiger partial charge >= 0.3 is 0 Å². The number of carbonyl (C=O) groups excluding carboxylic acids is 2. The van der Waals surface area contributed by atoms with Gasteiger partial charge in [0.1, 0.15) is 18.1 Å². The molecule has 2 aromatic carbocycles. The van der Waals surface area contributed by atoms with Crippen molar-refractivity contribution in [3.8, 4) is 11.5 Å². The van der Waals surface area contributed by atoms with E-state index in [4.69, 9.17) is 25.8 Å². The largest absolute Gasteiger partial charge is 0.491 e. The number of hydrazine groups is 1. The van der Waals surface area contributed by atoms with Gasteiger partial charge in [-0.15, -0.1) is 0 Å². The summed E-state index contributed by atoms with van der Waals surface area (Å²) in [6.07, 6.45) is 0. The number of hydrogen-bond acceptors (Lipinski definition) is 5. The van der Waals surface area contributed by atoms with E-state index in [1.807, 2.05) is 20.8 Å². The van der Waals surface area contributed by atoms with Gasteiger partial charge in [0.05, 0.1) is 6.61 Å². The lowest BCUT2D eigenvalue weighted by Gasteiger charge is -2.11. The molecule has 0 unspecified atom stereocenters. The molecule has 0 saturated carbocycles. The minimum atomic E-state index is -0.487. The van der Waals surface area contributed by atoms with Crippen LogP contribution in [0.1, 0.15) is 28.4 Å². The first-order valence-corrected chi connectivity index (χ1v) is 9.57. The molecule has 0 atom stereocenters. The first-order valence-electron chi connectivity index (χ1n) is 9.20. The quantitative estimate of drug-likeness (QED) is 0.480. The number of halogens is 1. The zero-order valence-electron chi connectivity index (χ0n) is 16.7. The Labute approximate surface area is 175 Å². The van der Waals surface area contributed by atoms with Crippen molar-refractivity contribution in [2.45, 2.75) is 20.8 Å². The Bertz CT molecular complexity index is 816. The van der Waals surface area contributed by atoms with Crippen molar-refractivity contribution < 1.29 is 23.8 Å². The van der Waals surface area contributed by atoms with E-state index >= 15 is 0 Å². The molecule has 7 nitrogen and oxygen atoms in total. The van der Waals surface area contributed by atoms with Gasteiger partial charge in [-0.25, -0.2) is 0 Å². The average molecular weight is 421 g/mol. The number of hydrogen-bond donors (Lipinski definition) is 2. The maximum absolute atomic E-state index is 12.1. The third-order valence-electron chi connectivity index (χ3n) is 3.91. The van der Waals surface area contributed by atoms with Gasteiger partial charge in [0.15, 0.2) is 6.61 Å². The lowest BCUT2D eigenvalue weighted by atomic mass is 10.1. The molecule has 0 aliphatic rings. The Morgan fingerprint density at radius 3 is 2.21 bits per heavy atom. The second kappa shape index (κ2) is 11.3. The lowest BCUT2D eigenvalue weighted by molar-refractivity contribution is -0.123. The summed E-state index contributed by atoms with van der Waals surface area (Å²) < 4.78 is 16.1. The smallest absolute Gasteiger partial charge is 0.276 e. The summed E-state index contributed by atoms with van der Waals surface area (Å²) in [5.74, 6) is 0.231. The molecule has 0 spiro atoms. The van der Waals surface area contributed by atoms with Crippen LogP contribution in [0.4, 0.5) is 0 Å². The maximum Gasteiger partial charge on any atom is 0.276 e. The third kappa shape index (κ3) is 7.29. The van der Waals surface area contributed by atoms with Crippen LogP contribution in [0.2, 0.25) is 5.02 Å². The summed E-state index contributed by atoms with van der Waals surface area (Å²) in [6.45, 7) is 6.96. The molecule has 0 radical (unpaired) electrons. The maximum atomic E-state index is 12.1. The van der Waals surface area contributed by atoms with Crippen LogP contribution in [0.5, 0.6) is 11.5 Å². The number of benzene rings is 2. The second-order valence-electron chi connectivity index (χ2n) is 6.23. The van der Waals surface area contributed by atoms with Gasteiger partial charge in [-0.05, 0) is 68.3 Å². The minimum Gasteiger partial charge on any atom is -0.491 e. The standard InChI is InChI=1S/C21H25ClN2O5/c1-4-27-9-10-28-17-7-5-16(6-8-17)21(26)24-23-19(25)13-29-18-11-14(2)20(22)15(3)12-18/h5-8,11-12H,4,9-10,13H2,1-3H3,(H,23,25)(H,24,26). The molecule has 0 heterocycles. The van der Waals surface area contributed by atoms with Crippen LogP contribution in [-0.2, 0) is 9.53 Å². The molecular weight excluding hydrogens is 396 g/mol. The van der Waals surface area contributed by atoms with Gasteiger partial charge in [0, 0.05) is 17.2 Å². The highest BCUT2D eigenvalue weighted by Gasteiger charge is 2.09. The van der Waals surface area contributed by atoms with Crippen molar-refractivity contribution in [2.75, 3.05) is 26.4 Å². The molecule has 0 saturated heterocycles. The van der Waals surface area contributed by atoms with E-state index in [1.165, 1.54) is 0 Å². The van der Waals surface area contributed by atoms with Gasteiger partial charge in [-0.2, -0.15) is 0 Å². The van der Waals surface area contributed by atoms with E-state index in [0.29, 0.717) is 41.9 Å². The molecular formula is C21H25ClN2O5. The summed E-state index contributed by atoms with van der Waals surface area (Å²) in [5, 5.41) is 0.666. The number of aryl methyl sites for hydroxylation is 2. The van der Waals surface area contributed by atoms with Crippen molar-refractivity contribution in [3.05, 3.63) is 58.1 Å². The summed E-state index contributed by atoms with van der Waals surface area (Å²) in [7, 11) is 0. The highest BCUT2D eigenvalue weighted by atomic mass is 35.5. The number of rotatable bonds is 9. The lowest BCUT2D eigenvalue weighted by Crippen LogP contribution is -2.43. The van der Waals surface area contributed by atoms with Crippen molar-refractivity contribution >= 4 is 23.4 Å². The van der Waals surface area contributed by atoms with Crippen molar-refractivity contribution in [1.29, 1.82) is 0 Å². The fourth-order valence-corrected chi connectivity index (χ4v) is 2.55. The van der Waals surface area contributed by atoms with E-state index in [0.717, 1.165) is 11.1 Å². The first kappa shape index (κ1) is 22.5. The molecule has 0 aliphatic carbocycles. The number of ether oxygens (including phenoxy) is 3. The van der Waals surface area contributed by atoms with Crippen LogP contribution < -0.4 is 20.3 Å². The third-order valence-corrected chi connectivity index (χ3v) is 4.51. The van der Waals surface area contributed by atoms with Gasteiger partial charge in [-0.3, -0.25) is 20.4 Å². The van der Waals surface area contributed by atoms with Gasteiger partial charge in [0.25, 0.3) is 11.8 Å². The topological polar surface area (TPSA) is 85.9 Å². The zero-order chi connectivity index (χ0) is 21.2. The molecule has 156 valence electrons. The zero-order valence-corrected chi connectivity index (χ0v) is 17.5. The minimum absolute atomic E-state index is 0.243. The predicted octanol–water partition coefficient (Wildman–Crippen LogP) is 3.21. The van der Waals surface area contributed by atoms with Crippen LogP contribution in [-0.4, -0.2) is 38.2 Å². The molecule has 2 amide bonds. The van der Waals surface area contributed by atoms with Crippen LogP contribution >= 0.6 is 11.6 Å². The van der Waals surface area contributed by atoms with Gasteiger partial charge in [0.2, 0.25) is 0 Å². The summed E-state index contributed by atoms with van der Waals surface area (Å²) in [5.41, 5.74) is 6.77. The Kier molecular flexibility index (Phi) is 8.76. The Morgan fingerprint density at radius 1 is 0.931 bits per heavy atom. The highest BCUT2D eigenvalue weighted by molar-refractivity contribution is 6.32. The summed E-state index contributed by atoms with van der Waals surface area (Å²) >= 11 is 6.11. The van der Waals surface area contributed by atoms with Crippen LogP contribution in [0.3, 0.4) is 0 Å². The van der Waals surface area contributed by atoms with Crippen LogP contribution in [0.15, 0.2) is 36.4 Å². The fraction of sp³-hybridized carbons (Fsp3) is 0.333. The van der Waals surface area contributed by atoms with Gasteiger partial charge in [-0.1, -0.05) is 11.6 Å². The van der Waals surface area contributed by atoms with E-state index in [2.05, 4.69) is 10.9 Å². The van der Waals surface area contributed by atoms with Crippen LogP contribution in [0, 0.1) is 13.8 Å². The van der Waals surface area contributed by atoms with Crippen LogP contribution in [0.25, 0.3) is 0 Å². The molecule has 2 rings (SSSR count). The second-order valence-corrected chi connectivity index (χ2v) is 6.61. The fourth-order valence-electron chi connectivity index (χ4n) is 2.44. The van der Waals surface area contributed by atoms with E-state index in [9.17, 15) is 9.59 Å². The Morgan fingerprint density at radius 2 is 1.59 bits per heavy atom. The average Bonchev–Trinajstić information content (AvgIpc) is 2.72. The van der Waals surface area contributed by atoms with E-state index < -0.39 is 11.8 Å². The molecule has 29 heavy (non-hydrogen) atoms. The molecule has 2 N–H and O–H groups in total. The van der Waals surface area contributed by atoms with Gasteiger partial charge < -0.3 is 14.2 Å². The highest BCUT2D eigenvalue weighted by Crippen LogP contribution is 2.25. The van der Waals surface area contributed by atoms with Crippen molar-refractivity contribution in [1.82, 2.24) is 10.9 Å². The van der Waals surface area contributed by atoms with Crippen molar-refractivity contribution in [3.63, 3.8) is 0 Å². The molecule has 0 aromatic heterocycles. The SMILES string of the molecule is CCOCCOc1ccc(C(=O)NNC(=O)COc2cc(C)c(Cl)c(C)c2)cc1. The summed E-state index contributed by atoms with van der Waals surface area (Å²) in [6, 6.07) is 10.1. The number of carbonyl (C=O) groups is 2. The van der Waals surface area contributed by atoms with Crippen molar-refractivity contribution in [2.24, 2.45) is 0 Å². The van der Waals surface area contributed by atoms with E-state index in [-0.39, 0.29) is 6.61 Å². The molecule has 0 fully saturated rings. The normalized spacial score (nSPS) is 10.3. The molecule has 2 aromatic rings. The Hall–Kier alpha value is -2.77. The number of nitrogens with one attached hydrogen (secondary N) is 2. The Balaban J connectivity index is 1.76. The summed E-state index contributed by atoms with van der Waals surface area (Å²) in [4.78, 5) is 24.0. The molecule has 0 bridgehead atoms. The predicted molar refractivity (Wildman–Crippen MR) is 110 cm³/mol. The van der Waals surface area contributed by atoms with E-state index in [1.54, 1.807) is 36.4 Å².